The van der Waals surface area contributed by atoms with E-state index in [4.69, 9.17) is 0 Å². The Kier molecular flexibility index (Phi) is 4.13. The molecule has 1 aromatic carbocycles. The molecule has 0 saturated heterocycles. The summed E-state index contributed by atoms with van der Waals surface area (Å²) in [6.07, 6.45) is 5.29. The molecule has 2 heterocycles. The molecule has 1 aromatic heterocycles. The van der Waals surface area contributed by atoms with Crippen LogP contribution in [0, 0.1) is 0 Å². The fraction of sp³-hybridized carbons (Fsp3) is 0.438. The number of aryl methyl sites for hydroxylation is 2. The van der Waals surface area contributed by atoms with Gasteiger partial charge in [0.25, 0.3) is 0 Å². The molecule has 0 saturated carbocycles. The van der Waals surface area contributed by atoms with Crippen LogP contribution in [0.2, 0.25) is 0 Å². The molecule has 0 spiro atoms. The number of nitrogens with one attached hydrogen (secondary N) is 1. The van der Waals surface area contributed by atoms with Crippen LogP contribution in [0.15, 0.2) is 41.4 Å². The van der Waals surface area contributed by atoms with E-state index < -0.39 is 0 Å². The van der Waals surface area contributed by atoms with Crippen molar-refractivity contribution < 1.29 is 0 Å². The predicted octanol–water partition coefficient (Wildman–Crippen LogP) is 2.66. The second-order valence-corrected chi connectivity index (χ2v) is 6.63. The molecule has 2 unspecified atom stereocenters. The first-order chi connectivity index (χ1) is 9.78. The Balaban J connectivity index is 1.62. The number of aromatic nitrogens is 2. The van der Waals surface area contributed by atoms with Crippen LogP contribution in [-0.4, -0.2) is 28.1 Å². The van der Waals surface area contributed by atoms with Crippen molar-refractivity contribution in [2.24, 2.45) is 7.05 Å². The first kappa shape index (κ1) is 13.7. The van der Waals surface area contributed by atoms with Crippen molar-refractivity contribution in [2.45, 2.75) is 35.4 Å². The molecular formula is C16H21N3S. The van der Waals surface area contributed by atoms with Crippen molar-refractivity contribution in [3.8, 4) is 0 Å². The van der Waals surface area contributed by atoms with Crippen molar-refractivity contribution in [3.63, 3.8) is 0 Å². The highest BCUT2D eigenvalue weighted by molar-refractivity contribution is 8.00. The first-order valence-corrected chi connectivity index (χ1v) is 8.04. The molecule has 20 heavy (non-hydrogen) atoms. The molecule has 3 nitrogen and oxygen atoms in total. The number of thioether (sulfide) groups is 1. The minimum Gasteiger partial charge on any atom is -0.316 e. The molecule has 0 bridgehead atoms. The molecule has 2 aromatic rings. The summed E-state index contributed by atoms with van der Waals surface area (Å²) in [5.74, 6) is 0. The number of fused-ring (bicyclic) bond motifs is 1. The van der Waals surface area contributed by atoms with Gasteiger partial charge in [-0.15, -0.1) is 11.8 Å². The number of nitrogens with zero attached hydrogens (tertiary/aromatic N) is 2. The van der Waals surface area contributed by atoms with Gasteiger partial charge in [0.15, 0.2) is 0 Å². The minimum absolute atomic E-state index is 0.544. The van der Waals surface area contributed by atoms with E-state index >= 15 is 0 Å². The highest BCUT2D eigenvalue weighted by Gasteiger charge is 2.28. The lowest BCUT2D eigenvalue weighted by Crippen LogP contribution is -2.36. The van der Waals surface area contributed by atoms with E-state index in [0.29, 0.717) is 11.3 Å². The number of rotatable bonds is 5. The largest absolute Gasteiger partial charge is 0.316 e. The van der Waals surface area contributed by atoms with Crippen molar-refractivity contribution in [3.05, 3.63) is 47.8 Å². The first-order valence-electron chi connectivity index (χ1n) is 7.16. The predicted molar refractivity (Wildman–Crippen MR) is 84.2 cm³/mol. The van der Waals surface area contributed by atoms with Gasteiger partial charge in [-0.25, -0.2) is 0 Å². The standard InChI is InChI=1S/C16H21N3S/c1-17-14(8-7-13-9-10-18-19(13)2)16-11-12-5-3-4-6-15(12)20-16/h3-6,9-10,14,16-17H,7-8,11H2,1-2H3. The molecule has 2 atom stereocenters. The molecule has 3 rings (SSSR count). The van der Waals surface area contributed by atoms with Crippen LogP contribution in [-0.2, 0) is 19.9 Å². The van der Waals surface area contributed by atoms with Crippen LogP contribution in [0.1, 0.15) is 17.7 Å². The highest BCUT2D eigenvalue weighted by Crippen LogP contribution is 2.39. The van der Waals surface area contributed by atoms with Gasteiger partial charge in [-0.2, -0.15) is 5.10 Å². The van der Waals surface area contributed by atoms with Crippen LogP contribution in [0.25, 0.3) is 0 Å². The van der Waals surface area contributed by atoms with Crippen molar-refractivity contribution in [1.82, 2.24) is 15.1 Å². The normalized spacial score (nSPS) is 19.0. The van der Waals surface area contributed by atoms with Crippen molar-refractivity contribution in [2.75, 3.05) is 7.05 Å². The van der Waals surface area contributed by atoms with Gasteiger partial charge in [-0.05, 0) is 44.0 Å². The van der Waals surface area contributed by atoms with Crippen LogP contribution in [0.4, 0.5) is 0 Å². The van der Waals surface area contributed by atoms with E-state index in [1.807, 2.05) is 29.7 Å². The number of hydrogen-bond donors (Lipinski definition) is 1. The molecule has 4 heteroatoms. The van der Waals surface area contributed by atoms with E-state index in [1.54, 1.807) is 0 Å². The summed E-state index contributed by atoms with van der Waals surface area (Å²) >= 11 is 2.03. The van der Waals surface area contributed by atoms with E-state index in [0.717, 1.165) is 12.8 Å². The lowest BCUT2D eigenvalue weighted by molar-refractivity contribution is 0.496. The lowest BCUT2D eigenvalue weighted by atomic mass is 10.0. The van der Waals surface area contributed by atoms with Crippen LogP contribution in [0.5, 0.6) is 0 Å². The fourth-order valence-electron chi connectivity index (χ4n) is 2.90. The molecule has 106 valence electrons. The van der Waals surface area contributed by atoms with Crippen LogP contribution >= 0.6 is 11.8 Å². The summed E-state index contributed by atoms with van der Waals surface area (Å²) in [5, 5.41) is 8.40. The molecule has 0 fully saturated rings. The Hall–Kier alpha value is -1.26. The highest BCUT2D eigenvalue weighted by atomic mass is 32.2. The summed E-state index contributed by atoms with van der Waals surface area (Å²) in [6.45, 7) is 0. The van der Waals surface area contributed by atoms with Gasteiger partial charge in [0.2, 0.25) is 0 Å². The zero-order valence-corrected chi connectivity index (χ0v) is 12.9. The van der Waals surface area contributed by atoms with Crippen molar-refractivity contribution >= 4 is 11.8 Å². The Labute approximate surface area is 124 Å². The smallest absolute Gasteiger partial charge is 0.0492 e. The monoisotopic (exact) mass is 287 g/mol. The SMILES string of the molecule is CNC(CCc1ccnn1C)C1Cc2ccccc2S1. The van der Waals surface area contributed by atoms with E-state index in [1.165, 1.54) is 22.6 Å². The summed E-state index contributed by atoms with van der Waals surface area (Å²) in [4.78, 5) is 1.46. The quantitative estimate of drug-likeness (QED) is 0.917. The third-order valence-corrected chi connectivity index (χ3v) is 5.58. The Morgan fingerprint density at radius 3 is 2.95 bits per heavy atom. The molecular weight excluding hydrogens is 266 g/mol. The Morgan fingerprint density at radius 2 is 2.25 bits per heavy atom. The Morgan fingerprint density at radius 1 is 1.40 bits per heavy atom. The summed E-state index contributed by atoms with van der Waals surface area (Å²) in [5.41, 5.74) is 2.81. The average Bonchev–Trinajstić information content (AvgIpc) is 3.06. The molecule has 0 radical (unpaired) electrons. The molecule has 1 aliphatic rings. The van der Waals surface area contributed by atoms with Crippen LogP contribution < -0.4 is 5.32 Å². The summed E-state index contributed by atoms with van der Waals surface area (Å²) in [6, 6.07) is 11.4. The maximum Gasteiger partial charge on any atom is 0.0492 e. The van der Waals surface area contributed by atoms with Gasteiger partial charge in [-0.1, -0.05) is 18.2 Å². The van der Waals surface area contributed by atoms with E-state index in [2.05, 4.69) is 47.8 Å². The van der Waals surface area contributed by atoms with Gasteiger partial charge in [-0.3, -0.25) is 4.68 Å². The molecule has 1 aliphatic heterocycles. The fourth-order valence-corrected chi connectivity index (χ4v) is 4.38. The summed E-state index contributed by atoms with van der Waals surface area (Å²) < 4.78 is 1.98. The third-order valence-electron chi connectivity index (χ3n) is 4.13. The van der Waals surface area contributed by atoms with Gasteiger partial charge in [0, 0.05) is 35.1 Å². The third kappa shape index (κ3) is 2.76. The summed E-state index contributed by atoms with van der Waals surface area (Å²) in [7, 11) is 4.10. The van der Waals surface area contributed by atoms with Gasteiger partial charge in [0.1, 0.15) is 0 Å². The lowest BCUT2D eigenvalue weighted by Gasteiger charge is -2.22. The molecule has 0 amide bonds. The van der Waals surface area contributed by atoms with Gasteiger partial charge >= 0.3 is 0 Å². The van der Waals surface area contributed by atoms with E-state index in [9.17, 15) is 0 Å². The van der Waals surface area contributed by atoms with Gasteiger partial charge in [0.05, 0.1) is 0 Å². The van der Waals surface area contributed by atoms with E-state index in [-0.39, 0.29) is 0 Å². The Bertz CT molecular complexity index is 554. The second-order valence-electron chi connectivity index (χ2n) is 5.35. The number of hydrogen-bond acceptors (Lipinski definition) is 3. The minimum atomic E-state index is 0.544. The maximum atomic E-state index is 4.24. The van der Waals surface area contributed by atoms with Crippen molar-refractivity contribution in [1.29, 1.82) is 0 Å². The molecule has 0 aliphatic carbocycles. The topological polar surface area (TPSA) is 29.9 Å². The number of benzene rings is 1. The zero-order valence-electron chi connectivity index (χ0n) is 12.0. The zero-order chi connectivity index (χ0) is 13.9. The average molecular weight is 287 g/mol. The van der Waals surface area contributed by atoms with Crippen LogP contribution in [0.3, 0.4) is 0 Å². The molecule has 1 N–H and O–H groups in total. The maximum absolute atomic E-state index is 4.24. The van der Waals surface area contributed by atoms with Gasteiger partial charge < -0.3 is 5.32 Å². The second kappa shape index (κ2) is 6.02.